The van der Waals surface area contributed by atoms with E-state index in [4.69, 9.17) is 4.74 Å². The summed E-state index contributed by atoms with van der Waals surface area (Å²) in [6, 6.07) is 20.8. The molecule has 0 fully saturated rings. The molecule has 0 aliphatic heterocycles. The fraction of sp³-hybridized carbons (Fsp3) is 0.190. The van der Waals surface area contributed by atoms with Gasteiger partial charge in [-0.25, -0.2) is 0 Å². The second-order valence-electron chi connectivity index (χ2n) is 5.48. The lowest BCUT2D eigenvalue weighted by Crippen LogP contribution is -2.05. The topological polar surface area (TPSA) is 26.3 Å². The van der Waals surface area contributed by atoms with Gasteiger partial charge in [0, 0.05) is 16.0 Å². The predicted molar refractivity (Wildman–Crippen MR) is 100 cm³/mol. The number of aryl methyl sites for hydroxylation is 1. The van der Waals surface area contributed by atoms with Crippen molar-refractivity contribution in [3.05, 3.63) is 70.9 Å². The maximum absolute atomic E-state index is 11.7. The number of hydrogen-bond donors (Lipinski definition) is 0. The first kappa shape index (κ1) is 16.5. The molecule has 0 amide bonds. The van der Waals surface area contributed by atoms with E-state index in [1.165, 1.54) is 27.1 Å². The third-order valence-corrected chi connectivity index (χ3v) is 4.92. The molecule has 0 aliphatic carbocycles. The van der Waals surface area contributed by atoms with Crippen LogP contribution in [0.15, 0.2) is 66.0 Å². The van der Waals surface area contributed by atoms with Gasteiger partial charge in [-0.2, -0.15) is 0 Å². The Morgan fingerprint density at radius 1 is 0.958 bits per heavy atom. The van der Waals surface area contributed by atoms with Crippen molar-refractivity contribution >= 4 is 17.3 Å². The van der Waals surface area contributed by atoms with Crippen molar-refractivity contribution in [1.29, 1.82) is 0 Å². The van der Waals surface area contributed by atoms with Crippen molar-refractivity contribution in [2.75, 3.05) is 6.61 Å². The van der Waals surface area contributed by atoms with Crippen molar-refractivity contribution in [3.8, 4) is 22.3 Å². The largest absolute Gasteiger partial charge is 0.466 e. The Bertz CT molecular complexity index is 791. The average molecular weight is 336 g/mol. The van der Waals surface area contributed by atoms with E-state index < -0.39 is 0 Å². The molecule has 0 atom stereocenters. The summed E-state index contributed by atoms with van der Waals surface area (Å²) in [6.45, 7) is 2.27. The number of carbonyl (C=O) groups excluding carboxylic acids is 1. The zero-order valence-electron chi connectivity index (χ0n) is 13.7. The maximum atomic E-state index is 11.7. The Labute approximate surface area is 146 Å². The van der Waals surface area contributed by atoms with Crippen molar-refractivity contribution in [1.82, 2.24) is 0 Å². The lowest BCUT2D eigenvalue weighted by molar-refractivity contribution is -0.143. The third-order valence-electron chi connectivity index (χ3n) is 3.88. The van der Waals surface area contributed by atoms with Crippen LogP contribution in [0.2, 0.25) is 0 Å². The number of thiophene rings is 1. The van der Waals surface area contributed by atoms with Gasteiger partial charge in [-0.1, -0.05) is 60.7 Å². The molecule has 0 unspecified atom stereocenters. The Balaban J connectivity index is 1.98. The van der Waals surface area contributed by atoms with Crippen LogP contribution in [0.3, 0.4) is 0 Å². The number of benzene rings is 2. The number of hydrogen-bond acceptors (Lipinski definition) is 3. The molecule has 2 nitrogen and oxygen atoms in total. The minimum Gasteiger partial charge on any atom is -0.466 e. The molecule has 3 rings (SSSR count). The molecule has 0 spiro atoms. The average Bonchev–Trinajstić information content (AvgIpc) is 3.06. The van der Waals surface area contributed by atoms with Crippen LogP contribution in [0.1, 0.15) is 18.2 Å². The highest BCUT2D eigenvalue weighted by molar-refractivity contribution is 7.11. The molecule has 0 radical (unpaired) electrons. The first-order chi connectivity index (χ1) is 11.8. The van der Waals surface area contributed by atoms with Crippen LogP contribution >= 0.6 is 11.3 Å². The number of rotatable bonds is 6. The normalized spacial score (nSPS) is 10.5. The lowest BCUT2D eigenvalue weighted by Gasteiger charge is -2.09. The SMILES string of the molecule is CCOC(=O)CCc1scc(-c2ccccc2)c1-c1ccccc1. The molecule has 0 aliphatic rings. The highest BCUT2D eigenvalue weighted by Crippen LogP contribution is 2.39. The molecule has 0 saturated heterocycles. The van der Waals surface area contributed by atoms with E-state index in [1.54, 1.807) is 11.3 Å². The maximum Gasteiger partial charge on any atom is 0.306 e. The van der Waals surface area contributed by atoms with E-state index in [1.807, 2.05) is 19.1 Å². The zero-order valence-corrected chi connectivity index (χ0v) is 14.5. The Kier molecular flexibility index (Phi) is 5.44. The minimum atomic E-state index is -0.133. The van der Waals surface area contributed by atoms with Gasteiger partial charge in [0.1, 0.15) is 0 Å². The van der Waals surface area contributed by atoms with Gasteiger partial charge in [0.15, 0.2) is 0 Å². The summed E-state index contributed by atoms with van der Waals surface area (Å²) < 4.78 is 5.07. The molecular formula is C21H20O2S. The molecule has 24 heavy (non-hydrogen) atoms. The van der Waals surface area contributed by atoms with Gasteiger partial charge in [0.25, 0.3) is 0 Å². The highest BCUT2D eigenvalue weighted by Gasteiger charge is 2.16. The molecule has 2 aromatic carbocycles. The van der Waals surface area contributed by atoms with Crippen LogP contribution < -0.4 is 0 Å². The second-order valence-corrected chi connectivity index (χ2v) is 6.45. The van der Waals surface area contributed by atoms with Gasteiger partial charge in [-0.15, -0.1) is 11.3 Å². The fourth-order valence-corrected chi connectivity index (χ4v) is 3.86. The molecule has 3 heteroatoms. The van der Waals surface area contributed by atoms with Crippen LogP contribution in [-0.2, 0) is 16.0 Å². The van der Waals surface area contributed by atoms with Gasteiger partial charge >= 0.3 is 5.97 Å². The van der Waals surface area contributed by atoms with E-state index in [0.717, 1.165) is 0 Å². The summed E-state index contributed by atoms with van der Waals surface area (Å²) in [6.07, 6.45) is 1.13. The number of esters is 1. The molecule has 122 valence electrons. The summed E-state index contributed by atoms with van der Waals surface area (Å²) in [5, 5.41) is 2.19. The van der Waals surface area contributed by atoms with Gasteiger partial charge in [-0.05, 0) is 29.9 Å². The van der Waals surface area contributed by atoms with Crippen molar-refractivity contribution in [2.45, 2.75) is 19.8 Å². The summed E-state index contributed by atoms with van der Waals surface area (Å²) in [5.74, 6) is -0.133. The van der Waals surface area contributed by atoms with Crippen molar-refractivity contribution < 1.29 is 9.53 Å². The van der Waals surface area contributed by atoms with Crippen LogP contribution in [-0.4, -0.2) is 12.6 Å². The lowest BCUT2D eigenvalue weighted by atomic mass is 9.96. The smallest absolute Gasteiger partial charge is 0.306 e. The zero-order chi connectivity index (χ0) is 16.8. The minimum absolute atomic E-state index is 0.133. The van der Waals surface area contributed by atoms with Gasteiger partial charge in [0.2, 0.25) is 0 Å². The monoisotopic (exact) mass is 336 g/mol. The van der Waals surface area contributed by atoms with Crippen molar-refractivity contribution in [3.63, 3.8) is 0 Å². The molecular weight excluding hydrogens is 316 g/mol. The third kappa shape index (κ3) is 3.74. The van der Waals surface area contributed by atoms with Crippen LogP contribution in [0.4, 0.5) is 0 Å². The molecule has 0 N–H and O–H groups in total. The van der Waals surface area contributed by atoms with Crippen LogP contribution in [0, 0.1) is 0 Å². The number of carbonyl (C=O) groups is 1. The van der Waals surface area contributed by atoms with Gasteiger partial charge < -0.3 is 4.74 Å². The van der Waals surface area contributed by atoms with Gasteiger partial charge in [0.05, 0.1) is 13.0 Å². The summed E-state index contributed by atoms with van der Waals surface area (Å²) in [7, 11) is 0. The molecule has 1 heterocycles. The first-order valence-electron chi connectivity index (χ1n) is 8.16. The van der Waals surface area contributed by atoms with Crippen LogP contribution in [0.25, 0.3) is 22.3 Å². The molecule has 1 aromatic heterocycles. The summed E-state index contributed by atoms with van der Waals surface area (Å²) in [5.41, 5.74) is 4.85. The van der Waals surface area contributed by atoms with E-state index in [0.29, 0.717) is 19.4 Å². The second kappa shape index (κ2) is 7.93. The van der Waals surface area contributed by atoms with E-state index in [2.05, 4.69) is 53.9 Å². The quantitative estimate of drug-likeness (QED) is 0.549. The summed E-state index contributed by atoms with van der Waals surface area (Å²) in [4.78, 5) is 13.0. The Hall–Kier alpha value is -2.39. The molecule has 3 aromatic rings. The molecule has 0 bridgehead atoms. The molecule has 0 saturated carbocycles. The van der Waals surface area contributed by atoms with E-state index >= 15 is 0 Å². The summed E-state index contributed by atoms with van der Waals surface area (Å²) >= 11 is 1.72. The predicted octanol–water partition coefficient (Wildman–Crippen LogP) is 5.58. The highest BCUT2D eigenvalue weighted by atomic mass is 32.1. The standard InChI is InChI=1S/C21H20O2S/c1-2-23-20(22)14-13-19-21(17-11-7-4-8-12-17)18(15-24-19)16-9-5-3-6-10-16/h3-12,15H,2,13-14H2,1H3. The van der Waals surface area contributed by atoms with E-state index in [-0.39, 0.29) is 5.97 Å². The van der Waals surface area contributed by atoms with Gasteiger partial charge in [-0.3, -0.25) is 4.79 Å². The van der Waals surface area contributed by atoms with E-state index in [9.17, 15) is 4.79 Å². The Morgan fingerprint density at radius 3 is 2.21 bits per heavy atom. The fourth-order valence-electron chi connectivity index (χ4n) is 2.78. The number of ether oxygens (including phenoxy) is 1. The van der Waals surface area contributed by atoms with Crippen molar-refractivity contribution in [2.24, 2.45) is 0 Å². The Morgan fingerprint density at radius 2 is 1.58 bits per heavy atom. The first-order valence-corrected chi connectivity index (χ1v) is 9.04. The van der Waals surface area contributed by atoms with Crippen LogP contribution in [0.5, 0.6) is 0 Å².